The van der Waals surface area contributed by atoms with Crippen molar-refractivity contribution in [1.29, 1.82) is 0 Å². The molecule has 0 aromatic carbocycles. The van der Waals surface area contributed by atoms with Crippen molar-refractivity contribution in [3.05, 3.63) is 23.9 Å². The summed E-state index contributed by atoms with van der Waals surface area (Å²) in [5.74, 6) is 2.13. The molecule has 2 heterocycles. The van der Waals surface area contributed by atoms with Crippen LogP contribution in [0.1, 0.15) is 57.1 Å². The van der Waals surface area contributed by atoms with Crippen LogP contribution in [0.25, 0.3) is 0 Å². The normalized spacial score (nSPS) is 28.0. The van der Waals surface area contributed by atoms with Gasteiger partial charge in [0.15, 0.2) is 0 Å². The Morgan fingerprint density at radius 2 is 2.05 bits per heavy atom. The third-order valence-corrected chi connectivity index (χ3v) is 5.23. The number of rotatable bonds is 3. The van der Waals surface area contributed by atoms with Gasteiger partial charge in [-0.1, -0.05) is 18.9 Å². The minimum absolute atomic E-state index is 0.364. The molecule has 1 aliphatic heterocycles. The highest BCUT2D eigenvalue weighted by Crippen LogP contribution is 2.38. The van der Waals surface area contributed by atoms with Gasteiger partial charge in [0.25, 0.3) is 0 Å². The molecule has 2 aliphatic rings. The summed E-state index contributed by atoms with van der Waals surface area (Å²) in [4.78, 5) is 7.37. The van der Waals surface area contributed by atoms with E-state index in [1.807, 2.05) is 13.2 Å². The van der Waals surface area contributed by atoms with E-state index in [2.05, 4.69) is 29.3 Å². The molecule has 1 saturated heterocycles. The van der Waals surface area contributed by atoms with Gasteiger partial charge in [-0.25, -0.2) is 4.98 Å². The summed E-state index contributed by atoms with van der Waals surface area (Å²) in [6, 6.07) is 5.39. The van der Waals surface area contributed by atoms with Crippen LogP contribution in [0, 0.1) is 5.92 Å². The quantitative estimate of drug-likeness (QED) is 0.913. The number of nitrogens with one attached hydrogen (secondary N) is 1. The number of piperidine rings is 1. The molecule has 0 spiro atoms. The highest BCUT2D eigenvalue weighted by atomic mass is 15.2. The second-order valence-electron chi connectivity index (χ2n) is 6.37. The molecule has 0 radical (unpaired) electrons. The zero-order valence-electron chi connectivity index (χ0n) is 12.8. The first-order valence-electron chi connectivity index (χ1n) is 8.20. The number of fused-ring (bicyclic) bond motifs is 1. The predicted molar refractivity (Wildman–Crippen MR) is 84.0 cm³/mol. The highest BCUT2D eigenvalue weighted by molar-refractivity contribution is 5.50. The molecule has 1 aliphatic carbocycles. The first-order valence-corrected chi connectivity index (χ1v) is 8.20. The van der Waals surface area contributed by atoms with Crippen molar-refractivity contribution >= 4 is 5.82 Å². The Labute approximate surface area is 122 Å². The van der Waals surface area contributed by atoms with Crippen LogP contribution in [-0.2, 0) is 0 Å². The molecule has 3 nitrogen and oxygen atoms in total. The smallest absolute Gasteiger partial charge is 0.133 e. The molecule has 2 fully saturated rings. The fourth-order valence-electron chi connectivity index (χ4n) is 4.03. The molecule has 20 heavy (non-hydrogen) atoms. The Balaban J connectivity index is 1.91. The van der Waals surface area contributed by atoms with Crippen molar-refractivity contribution in [2.24, 2.45) is 5.92 Å². The lowest BCUT2D eigenvalue weighted by Crippen LogP contribution is -2.47. The summed E-state index contributed by atoms with van der Waals surface area (Å²) in [6.07, 6.45) is 10.3. The van der Waals surface area contributed by atoms with Gasteiger partial charge < -0.3 is 10.2 Å². The fraction of sp³-hybridized carbons (Fsp3) is 0.706. The van der Waals surface area contributed by atoms with Gasteiger partial charge in [0.2, 0.25) is 0 Å². The summed E-state index contributed by atoms with van der Waals surface area (Å²) >= 11 is 0. The summed E-state index contributed by atoms with van der Waals surface area (Å²) in [7, 11) is 2.03. The van der Waals surface area contributed by atoms with Crippen LogP contribution < -0.4 is 10.2 Å². The Hall–Kier alpha value is -1.09. The summed E-state index contributed by atoms with van der Waals surface area (Å²) in [5, 5.41) is 3.37. The van der Waals surface area contributed by atoms with Gasteiger partial charge >= 0.3 is 0 Å². The van der Waals surface area contributed by atoms with Gasteiger partial charge in [-0.15, -0.1) is 0 Å². The van der Waals surface area contributed by atoms with Crippen LogP contribution in [0.15, 0.2) is 18.3 Å². The Bertz CT molecular complexity index is 444. The molecule has 3 atom stereocenters. The molecule has 1 saturated carbocycles. The van der Waals surface area contributed by atoms with E-state index < -0.39 is 0 Å². The minimum atomic E-state index is 0.364. The Morgan fingerprint density at radius 1 is 1.25 bits per heavy atom. The number of nitrogens with zero attached hydrogens (tertiary/aromatic N) is 2. The number of anilines is 1. The molecular weight excluding hydrogens is 246 g/mol. The van der Waals surface area contributed by atoms with Gasteiger partial charge in [0.1, 0.15) is 5.82 Å². The van der Waals surface area contributed by atoms with Crippen LogP contribution in [0.5, 0.6) is 0 Å². The van der Waals surface area contributed by atoms with Gasteiger partial charge in [-0.3, -0.25) is 0 Å². The zero-order chi connectivity index (χ0) is 13.9. The molecule has 1 aromatic rings. The van der Waals surface area contributed by atoms with Crippen molar-refractivity contribution < 1.29 is 0 Å². The van der Waals surface area contributed by atoms with E-state index in [0.717, 1.165) is 12.0 Å². The molecule has 3 heteroatoms. The van der Waals surface area contributed by atoms with Crippen molar-refractivity contribution in [2.75, 3.05) is 18.5 Å². The number of aromatic nitrogens is 1. The molecule has 0 bridgehead atoms. The molecule has 3 rings (SSSR count). The number of hydrogen-bond acceptors (Lipinski definition) is 3. The van der Waals surface area contributed by atoms with Gasteiger partial charge in [0, 0.05) is 30.4 Å². The standard InChI is InChI=1S/C17H27N3/c1-13(18-2)15-9-5-11-19-17(15)20-12-6-8-14-7-3-4-10-16(14)20/h5,9,11,13-14,16,18H,3-4,6-8,10,12H2,1-2H3. The monoisotopic (exact) mass is 273 g/mol. The summed E-state index contributed by atoms with van der Waals surface area (Å²) < 4.78 is 0. The van der Waals surface area contributed by atoms with E-state index in [-0.39, 0.29) is 0 Å². The van der Waals surface area contributed by atoms with Crippen LogP contribution in [0.3, 0.4) is 0 Å². The first kappa shape index (κ1) is 13.9. The van der Waals surface area contributed by atoms with E-state index in [1.54, 1.807) is 0 Å². The third-order valence-electron chi connectivity index (χ3n) is 5.23. The largest absolute Gasteiger partial charge is 0.353 e. The molecule has 1 aromatic heterocycles. The predicted octanol–water partition coefficient (Wildman–Crippen LogP) is 3.52. The molecule has 3 unspecified atom stereocenters. The average molecular weight is 273 g/mol. The van der Waals surface area contributed by atoms with Gasteiger partial charge in [-0.05, 0) is 51.6 Å². The Morgan fingerprint density at radius 3 is 2.90 bits per heavy atom. The molecule has 1 N–H and O–H groups in total. The molecular formula is C17H27N3. The minimum Gasteiger partial charge on any atom is -0.353 e. The van der Waals surface area contributed by atoms with E-state index in [9.17, 15) is 0 Å². The van der Waals surface area contributed by atoms with E-state index in [4.69, 9.17) is 4.98 Å². The maximum atomic E-state index is 4.75. The SMILES string of the molecule is CNC(C)c1cccnc1N1CCCC2CCCCC21. The fourth-order valence-corrected chi connectivity index (χ4v) is 4.03. The highest BCUT2D eigenvalue weighted by Gasteiger charge is 2.34. The van der Waals surface area contributed by atoms with Crippen molar-refractivity contribution in [1.82, 2.24) is 10.3 Å². The van der Waals surface area contributed by atoms with Crippen LogP contribution in [0.2, 0.25) is 0 Å². The van der Waals surface area contributed by atoms with E-state index >= 15 is 0 Å². The van der Waals surface area contributed by atoms with Crippen molar-refractivity contribution in [3.8, 4) is 0 Å². The van der Waals surface area contributed by atoms with Crippen LogP contribution in [0.4, 0.5) is 5.82 Å². The van der Waals surface area contributed by atoms with E-state index in [1.165, 1.54) is 56.5 Å². The topological polar surface area (TPSA) is 28.2 Å². The van der Waals surface area contributed by atoms with Gasteiger partial charge in [0.05, 0.1) is 0 Å². The third kappa shape index (κ3) is 2.56. The lowest BCUT2D eigenvalue weighted by molar-refractivity contribution is 0.242. The number of hydrogen-bond donors (Lipinski definition) is 1. The maximum absolute atomic E-state index is 4.75. The second kappa shape index (κ2) is 6.13. The van der Waals surface area contributed by atoms with Gasteiger partial charge in [-0.2, -0.15) is 0 Å². The first-order chi connectivity index (χ1) is 9.81. The molecule has 0 amide bonds. The average Bonchev–Trinajstić information content (AvgIpc) is 2.53. The van der Waals surface area contributed by atoms with Crippen LogP contribution in [-0.4, -0.2) is 24.6 Å². The van der Waals surface area contributed by atoms with Crippen molar-refractivity contribution in [2.45, 2.75) is 57.5 Å². The zero-order valence-corrected chi connectivity index (χ0v) is 12.8. The van der Waals surface area contributed by atoms with Crippen molar-refractivity contribution in [3.63, 3.8) is 0 Å². The molecule has 110 valence electrons. The van der Waals surface area contributed by atoms with Crippen LogP contribution >= 0.6 is 0 Å². The lowest BCUT2D eigenvalue weighted by atomic mass is 9.78. The maximum Gasteiger partial charge on any atom is 0.133 e. The second-order valence-corrected chi connectivity index (χ2v) is 6.37. The number of pyridine rings is 1. The van der Waals surface area contributed by atoms with E-state index in [0.29, 0.717) is 6.04 Å². The summed E-state index contributed by atoms with van der Waals surface area (Å²) in [6.45, 7) is 3.41. The lowest BCUT2D eigenvalue weighted by Gasteiger charge is -2.45. The Kier molecular flexibility index (Phi) is 4.25. The summed E-state index contributed by atoms with van der Waals surface area (Å²) in [5.41, 5.74) is 1.35.